The lowest BCUT2D eigenvalue weighted by Gasteiger charge is -2.14. The minimum Gasteiger partial charge on any atom is -0.493 e. The largest absolute Gasteiger partial charge is 0.493 e. The van der Waals surface area contributed by atoms with Gasteiger partial charge in [-0.3, -0.25) is 9.59 Å². The predicted octanol–water partition coefficient (Wildman–Crippen LogP) is 3.74. The molecular formula is C23H26N4O5. The first-order valence-electron chi connectivity index (χ1n) is 9.93. The van der Waals surface area contributed by atoms with E-state index in [1.807, 2.05) is 13.8 Å². The van der Waals surface area contributed by atoms with Gasteiger partial charge in [0.25, 0.3) is 5.91 Å². The van der Waals surface area contributed by atoms with Gasteiger partial charge >= 0.3 is 0 Å². The molecular weight excluding hydrogens is 412 g/mol. The molecule has 0 saturated carbocycles. The smallest absolute Gasteiger partial charge is 0.255 e. The van der Waals surface area contributed by atoms with Crippen LogP contribution in [0.1, 0.15) is 24.2 Å². The fourth-order valence-electron chi connectivity index (χ4n) is 2.94. The minimum atomic E-state index is -0.290. The zero-order valence-corrected chi connectivity index (χ0v) is 18.6. The number of carbonyl (C=O) groups excluding carboxylic acids is 2. The molecule has 32 heavy (non-hydrogen) atoms. The molecule has 2 amide bonds. The third-order valence-electron chi connectivity index (χ3n) is 4.71. The number of rotatable bonds is 8. The zero-order valence-electron chi connectivity index (χ0n) is 18.6. The van der Waals surface area contributed by atoms with Crippen molar-refractivity contribution in [3.63, 3.8) is 0 Å². The number of aromatic nitrogens is 2. The van der Waals surface area contributed by atoms with E-state index in [1.54, 1.807) is 53.5 Å². The fourth-order valence-corrected chi connectivity index (χ4v) is 2.94. The van der Waals surface area contributed by atoms with Crippen molar-refractivity contribution in [1.82, 2.24) is 9.55 Å². The molecule has 3 aromatic rings. The molecule has 0 aliphatic heterocycles. The maximum Gasteiger partial charge on any atom is 0.255 e. The molecule has 9 heteroatoms. The highest BCUT2D eigenvalue weighted by Gasteiger charge is 2.15. The summed E-state index contributed by atoms with van der Waals surface area (Å²) in [4.78, 5) is 28.7. The highest BCUT2D eigenvalue weighted by molar-refractivity contribution is 6.04. The van der Waals surface area contributed by atoms with Crippen LogP contribution in [-0.4, -0.2) is 42.7 Å². The molecule has 0 fully saturated rings. The number of methoxy groups -OCH3 is 3. The van der Waals surface area contributed by atoms with Crippen LogP contribution in [0.5, 0.6) is 17.2 Å². The lowest BCUT2D eigenvalue weighted by molar-refractivity contribution is -0.118. The summed E-state index contributed by atoms with van der Waals surface area (Å²) in [5.41, 5.74) is 1.77. The predicted molar refractivity (Wildman–Crippen MR) is 121 cm³/mol. The first kappa shape index (κ1) is 22.7. The molecule has 1 aromatic heterocycles. The van der Waals surface area contributed by atoms with Crippen LogP contribution >= 0.6 is 0 Å². The van der Waals surface area contributed by atoms with E-state index in [4.69, 9.17) is 14.2 Å². The van der Waals surface area contributed by atoms with Gasteiger partial charge in [-0.15, -0.1) is 0 Å². The van der Waals surface area contributed by atoms with Crippen molar-refractivity contribution in [2.75, 3.05) is 32.0 Å². The van der Waals surface area contributed by atoms with Crippen LogP contribution in [0.15, 0.2) is 48.9 Å². The van der Waals surface area contributed by atoms with E-state index in [9.17, 15) is 9.59 Å². The maximum atomic E-state index is 12.7. The van der Waals surface area contributed by atoms with Crippen molar-refractivity contribution < 1.29 is 23.8 Å². The van der Waals surface area contributed by atoms with Gasteiger partial charge in [0.2, 0.25) is 11.7 Å². The average Bonchev–Trinajstić information content (AvgIpc) is 3.26. The van der Waals surface area contributed by atoms with Gasteiger partial charge in [-0.2, -0.15) is 0 Å². The van der Waals surface area contributed by atoms with Gasteiger partial charge in [0.15, 0.2) is 17.3 Å². The molecule has 0 atom stereocenters. The van der Waals surface area contributed by atoms with Crippen LogP contribution < -0.4 is 24.8 Å². The van der Waals surface area contributed by atoms with Gasteiger partial charge in [-0.1, -0.05) is 13.8 Å². The molecule has 168 valence electrons. The zero-order chi connectivity index (χ0) is 23.3. The van der Waals surface area contributed by atoms with E-state index >= 15 is 0 Å². The molecule has 9 nitrogen and oxygen atoms in total. The summed E-state index contributed by atoms with van der Waals surface area (Å²) in [5.74, 6) is 1.27. The second kappa shape index (κ2) is 9.86. The second-order valence-corrected chi connectivity index (χ2v) is 7.23. The number of nitrogens with zero attached hydrogens (tertiary/aromatic N) is 2. The van der Waals surface area contributed by atoms with Gasteiger partial charge in [0.05, 0.1) is 27.5 Å². The molecule has 0 radical (unpaired) electrons. The summed E-state index contributed by atoms with van der Waals surface area (Å²) in [5, 5.41) is 5.58. The van der Waals surface area contributed by atoms with Gasteiger partial charge in [-0.25, -0.2) is 4.98 Å². The van der Waals surface area contributed by atoms with E-state index < -0.39 is 0 Å². The van der Waals surface area contributed by atoms with Gasteiger partial charge in [0, 0.05) is 35.0 Å². The molecule has 2 aromatic carbocycles. The van der Waals surface area contributed by atoms with Crippen LogP contribution in [0.2, 0.25) is 0 Å². The summed E-state index contributed by atoms with van der Waals surface area (Å²) in [6.07, 6.45) is 3.31. The Morgan fingerprint density at radius 3 is 2.09 bits per heavy atom. The first-order valence-corrected chi connectivity index (χ1v) is 9.93. The van der Waals surface area contributed by atoms with Crippen LogP contribution in [-0.2, 0) is 4.79 Å². The highest BCUT2D eigenvalue weighted by atomic mass is 16.5. The van der Waals surface area contributed by atoms with Gasteiger partial charge in [-0.05, 0) is 24.3 Å². The summed E-state index contributed by atoms with van der Waals surface area (Å²) >= 11 is 0. The second-order valence-electron chi connectivity index (χ2n) is 7.23. The topological polar surface area (TPSA) is 104 Å². The van der Waals surface area contributed by atoms with Crippen molar-refractivity contribution in [3.8, 4) is 22.9 Å². The molecule has 3 rings (SSSR count). The number of imidazole rings is 1. The number of nitrogens with one attached hydrogen (secondary N) is 2. The summed E-state index contributed by atoms with van der Waals surface area (Å²) in [7, 11) is 4.54. The van der Waals surface area contributed by atoms with E-state index in [1.165, 1.54) is 21.3 Å². The van der Waals surface area contributed by atoms with Crippen LogP contribution in [0, 0.1) is 5.92 Å². The Morgan fingerprint density at radius 2 is 1.56 bits per heavy atom. The van der Waals surface area contributed by atoms with E-state index in [0.29, 0.717) is 34.3 Å². The molecule has 0 saturated heterocycles. The third-order valence-corrected chi connectivity index (χ3v) is 4.71. The normalized spacial score (nSPS) is 10.6. The fraction of sp³-hybridized carbons (Fsp3) is 0.261. The highest BCUT2D eigenvalue weighted by Crippen LogP contribution is 2.40. The van der Waals surface area contributed by atoms with Crippen molar-refractivity contribution >= 4 is 23.3 Å². The maximum absolute atomic E-state index is 12.7. The number of anilines is 2. The average molecular weight is 438 g/mol. The van der Waals surface area contributed by atoms with Crippen molar-refractivity contribution in [2.45, 2.75) is 13.8 Å². The summed E-state index contributed by atoms with van der Waals surface area (Å²) in [6, 6.07) is 10.3. The monoisotopic (exact) mass is 438 g/mol. The Hall–Kier alpha value is -4.01. The SMILES string of the molecule is COc1cc(NC(=O)c2ccc(-n3cnc(NC(=O)C(C)C)c3)cc2)cc(OC)c1OC. The minimum absolute atomic E-state index is 0.103. The molecule has 0 unspecified atom stereocenters. The Balaban J connectivity index is 1.73. The number of hydrogen-bond acceptors (Lipinski definition) is 6. The Kier molecular flexibility index (Phi) is 6.99. The lowest BCUT2D eigenvalue weighted by atomic mass is 10.1. The van der Waals surface area contributed by atoms with Crippen molar-refractivity contribution in [3.05, 3.63) is 54.5 Å². The van der Waals surface area contributed by atoms with Crippen molar-refractivity contribution in [1.29, 1.82) is 0 Å². The molecule has 0 bridgehead atoms. The standard InChI is InChI=1S/C23H26N4O5/c1-14(2)22(28)26-20-12-27(13-24-20)17-8-6-15(7-9-17)23(29)25-16-10-18(30-3)21(32-5)19(11-16)31-4/h6-14H,1-5H3,(H,25,29)(H,26,28). The van der Waals surface area contributed by atoms with E-state index in [-0.39, 0.29) is 17.7 Å². The molecule has 0 aliphatic carbocycles. The lowest BCUT2D eigenvalue weighted by Crippen LogP contribution is -2.17. The number of benzene rings is 2. The Labute approximate surface area is 186 Å². The van der Waals surface area contributed by atoms with Gasteiger partial charge in [0.1, 0.15) is 6.33 Å². The molecule has 1 heterocycles. The number of amides is 2. The number of ether oxygens (including phenoxy) is 3. The van der Waals surface area contributed by atoms with E-state index in [2.05, 4.69) is 15.6 Å². The van der Waals surface area contributed by atoms with E-state index in [0.717, 1.165) is 5.69 Å². The summed E-state index contributed by atoms with van der Waals surface area (Å²) in [6.45, 7) is 3.63. The van der Waals surface area contributed by atoms with Crippen LogP contribution in [0.25, 0.3) is 5.69 Å². The van der Waals surface area contributed by atoms with Crippen LogP contribution in [0.4, 0.5) is 11.5 Å². The third kappa shape index (κ3) is 5.00. The van der Waals surface area contributed by atoms with Gasteiger partial charge < -0.3 is 29.4 Å². The number of hydrogen-bond donors (Lipinski definition) is 2. The molecule has 0 aliphatic rings. The summed E-state index contributed by atoms with van der Waals surface area (Å²) < 4.78 is 17.7. The molecule has 0 spiro atoms. The Morgan fingerprint density at radius 1 is 0.938 bits per heavy atom. The van der Waals surface area contributed by atoms with Crippen molar-refractivity contribution in [2.24, 2.45) is 5.92 Å². The Bertz CT molecular complexity index is 1080. The number of carbonyl (C=O) groups is 2. The quantitative estimate of drug-likeness (QED) is 0.555. The van der Waals surface area contributed by atoms with Crippen LogP contribution in [0.3, 0.4) is 0 Å². The molecule has 2 N–H and O–H groups in total. The first-order chi connectivity index (χ1) is 15.4.